The number of nitrogens with one attached hydrogen (secondary N) is 1. The molecule has 1 aromatic heterocycles. The topological polar surface area (TPSA) is 77.5 Å². The molecule has 0 saturated carbocycles. The molecule has 2 aromatic carbocycles. The van der Waals surface area contributed by atoms with Crippen molar-refractivity contribution in [2.75, 3.05) is 12.4 Å². The van der Waals surface area contributed by atoms with Crippen LogP contribution in [0.5, 0.6) is 5.75 Å². The third-order valence-electron chi connectivity index (χ3n) is 3.99. The van der Waals surface area contributed by atoms with Gasteiger partial charge in [0.2, 0.25) is 0 Å². The average molecular weight is 396 g/mol. The Morgan fingerprint density at radius 3 is 2.50 bits per heavy atom. The average Bonchev–Trinajstić information content (AvgIpc) is 3.17. The molecular weight excluding hydrogens is 376 g/mol. The van der Waals surface area contributed by atoms with Gasteiger partial charge in [-0.2, -0.15) is 0 Å². The molecule has 1 N–H and O–H groups in total. The largest absolute Gasteiger partial charge is 0.497 e. The number of nitrogens with zero attached hydrogens (tertiary/aromatic N) is 1. The summed E-state index contributed by atoms with van der Waals surface area (Å²) in [7, 11) is 1.58. The Bertz CT molecular complexity index is 939. The Hall–Kier alpha value is -3.19. The van der Waals surface area contributed by atoms with Crippen LogP contribution in [0.2, 0.25) is 0 Å². The molecule has 28 heavy (non-hydrogen) atoms. The number of carbonyl (C=O) groups excluding carboxylic acids is 2. The van der Waals surface area contributed by atoms with Gasteiger partial charge in [-0.25, -0.2) is 4.98 Å². The second-order valence-electron chi connectivity index (χ2n) is 6.05. The van der Waals surface area contributed by atoms with Crippen LogP contribution < -0.4 is 10.1 Å². The molecule has 0 spiro atoms. The van der Waals surface area contributed by atoms with E-state index in [0.717, 1.165) is 16.8 Å². The van der Waals surface area contributed by atoms with Gasteiger partial charge in [0.15, 0.2) is 11.2 Å². The van der Waals surface area contributed by atoms with Crippen molar-refractivity contribution in [3.63, 3.8) is 0 Å². The highest BCUT2D eigenvalue weighted by atomic mass is 32.1. The Kier molecular flexibility index (Phi) is 6.39. The van der Waals surface area contributed by atoms with E-state index >= 15 is 0 Å². The van der Waals surface area contributed by atoms with Crippen LogP contribution >= 0.6 is 11.3 Å². The maximum Gasteiger partial charge on any atom is 0.311 e. The second kappa shape index (κ2) is 9.14. The quantitative estimate of drug-likeness (QED) is 0.612. The van der Waals surface area contributed by atoms with Gasteiger partial charge in [-0.3, -0.25) is 14.9 Å². The van der Waals surface area contributed by atoms with E-state index in [1.807, 2.05) is 35.7 Å². The number of rotatable bonds is 7. The van der Waals surface area contributed by atoms with Crippen LogP contribution in [-0.2, 0) is 20.7 Å². The molecule has 6 nitrogen and oxygen atoms in total. The summed E-state index contributed by atoms with van der Waals surface area (Å²) in [6.45, 7) is 1.53. The van der Waals surface area contributed by atoms with Crippen molar-refractivity contribution in [1.82, 2.24) is 4.98 Å². The molecule has 0 aliphatic rings. The molecule has 0 radical (unpaired) electrons. The number of ether oxygens (including phenoxy) is 2. The van der Waals surface area contributed by atoms with Gasteiger partial charge in [0.05, 0.1) is 19.2 Å². The molecule has 3 rings (SSSR count). The van der Waals surface area contributed by atoms with Crippen molar-refractivity contribution in [2.45, 2.75) is 19.4 Å². The number of amides is 1. The van der Waals surface area contributed by atoms with Gasteiger partial charge in [-0.1, -0.05) is 42.5 Å². The summed E-state index contributed by atoms with van der Waals surface area (Å²) in [4.78, 5) is 28.8. The Balaban J connectivity index is 1.52. The molecule has 0 saturated heterocycles. The molecule has 0 unspecified atom stereocenters. The highest BCUT2D eigenvalue weighted by molar-refractivity contribution is 7.14. The maximum absolute atomic E-state index is 12.3. The highest BCUT2D eigenvalue weighted by Crippen LogP contribution is 2.24. The molecule has 1 amide bonds. The van der Waals surface area contributed by atoms with Crippen LogP contribution in [0.25, 0.3) is 11.3 Å². The number of methoxy groups -OCH3 is 1. The number of thiazole rings is 1. The molecule has 1 heterocycles. The van der Waals surface area contributed by atoms with Crippen LogP contribution in [0.1, 0.15) is 12.5 Å². The molecule has 0 fully saturated rings. The molecule has 0 bridgehead atoms. The lowest BCUT2D eigenvalue weighted by Gasteiger charge is -2.12. The zero-order valence-electron chi connectivity index (χ0n) is 15.5. The predicted molar refractivity (Wildman–Crippen MR) is 108 cm³/mol. The minimum absolute atomic E-state index is 0.0804. The SMILES string of the molecule is COc1ccc(CC(=O)O[C@@H](C)C(=O)Nc2nc(-c3ccccc3)cs2)cc1. The smallest absolute Gasteiger partial charge is 0.311 e. The summed E-state index contributed by atoms with van der Waals surface area (Å²) in [6.07, 6.45) is -0.841. The van der Waals surface area contributed by atoms with E-state index in [9.17, 15) is 9.59 Å². The van der Waals surface area contributed by atoms with Crippen molar-refractivity contribution in [3.8, 4) is 17.0 Å². The van der Waals surface area contributed by atoms with Gasteiger partial charge in [0.1, 0.15) is 5.75 Å². The van der Waals surface area contributed by atoms with Gasteiger partial charge in [-0.05, 0) is 24.6 Å². The molecule has 3 aromatic rings. The Morgan fingerprint density at radius 1 is 1.11 bits per heavy atom. The summed E-state index contributed by atoms with van der Waals surface area (Å²) in [5.74, 6) is -0.183. The number of carbonyl (C=O) groups is 2. The third kappa shape index (κ3) is 5.17. The van der Waals surface area contributed by atoms with Gasteiger partial charge in [0, 0.05) is 10.9 Å². The number of hydrogen-bond acceptors (Lipinski definition) is 6. The fourth-order valence-corrected chi connectivity index (χ4v) is 3.20. The van der Waals surface area contributed by atoms with Crippen LogP contribution in [0.3, 0.4) is 0 Å². The lowest BCUT2D eigenvalue weighted by molar-refractivity contribution is -0.152. The van der Waals surface area contributed by atoms with E-state index in [1.165, 1.54) is 18.3 Å². The molecular formula is C21H20N2O4S. The van der Waals surface area contributed by atoms with Gasteiger partial charge in [-0.15, -0.1) is 11.3 Å². The van der Waals surface area contributed by atoms with Crippen molar-refractivity contribution in [1.29, 1.82) is 0 Å². The van der Waals surface area contributed by atoms with E-state index in [-0.39, 0.29) is 6.42 Å². The van der Waals surface area contributed by atoms with Gasteiger partial charge < -0.3 is 9.47 Å². The van der Waals surface area contributed by atoms with E-state index in [4.69, 9.17) is 9.47 Å². The Morgan fingerprint density at radius 2 is 1.82 bits per heavy atom. The van der Waals surface area contributed by atoms with Gasteiger partial charge >= 0.3 is 5.97 Å². The fourth-order valence-electron chi connectivity index (χ4n) is 2.48. The summed E-state index contributed by atoms with van der Waals surface area (Å²) < 4.78 is 10.3. The summed E-state index contributed by atoms with van der Waals surface area (Å²) in [5, 5.41) is 5.02. The predicted octanol–water partition coefficient (Wildman–Crippen LogP) is 3.93. The summed E-state index contributed by atoms with van der Waals surface area (Å²) in [6, 6.07) is 16.8. The minimum atomic E-state index is -0.921. The van der Waals surface area contributed by atoms with Gasteiger partial charge in [0.25, 0.3) is 5.91 Å². The molecule has 0 aliphatic carbocycles. The third-order valence-corrected chi connectivity index (χ3v) is 4.75. The number of esters is 1. The Labute approximate surface area is 167 Å². The van der Waals surface area contributed by atoms with Crippen molar-refractivity contribution < 1.29 is 19.1 Å². The van der Waals surface area contributed by atoms with E-state index in [1.54, 1.807) is 31.4 Å². The van der Waals surface area contributed by atoms with Crippen molar-refractivity contribution >= 4 is 28.3 Å². The lowest BCUT2D eigenvalue weighted by Crippen LogP contribution is -2.30. The van der Waals surface area contributed by atoms with Crippen LogP contribution in [-0.4, -0.2) is 30.1 Å². The van der Waals surface area contributed by atoms with Crippen LogP contribution in [0.15, 0.2) is 60.0 Å². The highest BCUT2D eigenvalue weighted by Gasteiger charge is 2.19. The zero-order valence-corrected chi connectivity index (χ0v) is 16.4. The van der Waals surface area contributed by atoms with E-state index in [2.05, 4.69) is 10.3 Å². The minimum Gasteiger partial charge on any atom is -0.497 e. The first-order chi connectivity index (χ1) is 13.5. The molecule has 144 valence electrons. The first-order valence-corrected chi connectivity index (χ1v) is 9.57. The fraction of sp³-hybridized carbons (Fsp3) is 0.190. The second-order valence-corrected chi connectivity index (χ2v) is 6.91. The van der Waals surface area contributed by atoms with E-state index < -0.39 is 18.0 Å². The number of benzene rings is 2. The number of aromatic nitrogens is 1. The summed E-state index contributed by atoms with van der Waals surface area (Å²) >= 11 is 1.32. The molecule has 1 atom stereocenters. The lowest BCUT2D eigenvalue weighted by atomic mass is 10.1. The van der Waals surface area contributed by atoms with Crippen LogP contribution in [0, 0.1) is 0 Å². The standard InChI is InChI=1S/C21H20N2O4S/c1-14(27-19(24)12-15-8-10-17(26-2)11-9-15)20(25)23-21-22-18(13-28-21)16-6-4-3-5-7-16/h3-11,13-14H,12H2,1-2H3,(H,22,23,25)/t14-/m0/s1. The summed E-state index contributed by atoms with van der Waals surface area (Å²) in [5.41, 5.74) is 2.54. The first kappa shape index (κ1) is 19.6. The molecule has 7 heteroatoms. The van der Waals surface area contributed by atoms with Crippen molar-refractivity contribution in [2.24, 2.45) is 0 Å². The first-order valence-electron chi connectivity index (χ1n) is 8.69. The molecule has 0 aliphatic heterocycles. The van der Waals surface area contributed by atoms with E-state index in [0.29, 0.717) is 10.9 Å². The number of hydrogen-bond donors (Lipinski definition) is 1. The zero-order chi connectivity index (χ0) is 19.9. The maximum atomic E-state index is 12.3. The normalized spacial score (nSPS) is 11.5. The van der Waals surface area contributed by atoms with Crippen molar-refractivity contribution in [3.05, 3.63) is 65.5 Å². The van der Waals surface area contributed by atoms with Crippen LogP contribution in [0.4, 0.5) is 5.13 Å². The number of anilines is 1. The monoisotopic (exact) mass is 396 g/mol.